The highest BCUT2D eigenvalue weighted by Crippen LogP contribution is 2.33. The van der Waals surface area contributed by atoms with Gasteiger partial charge in [0.05, 0.1) is 5.52 Å². The van der Waals surface area contributed by atoms with E-state index in [9.17, 15) is 5.11 Å². The molecule has 20 heavy (non-hydrogen) atoms. The number of phenolic OH excluding ortho intramolecular Hbond substituents is 1. The van der Waals surface area contributed by atoms with Crippen LogP contribution >= 0.6 is 0 Å². The molecule has 0 unspecified atom stereocenters. The molecule has 4 rings (SSSR count). The van der Waals surface area contributed by atoms with Crippen LogP contribution < -0.4 is 0 Å². The molecule has 0 atom stereocenters. The van der Waals surface area contributed by atoms with Gasteiger partial charge in [-0.25, -0.2) is 4.98 Å². The van der Waals surface area contributed by atoms with Gasteiger partial charge in [0.15, 0.2) is 0 Å². The number of fused-ring (bicyclic) bond motifs is 4. The highest BCUT2D eigenvalue weighted by atomic mass is 16.3. The first kappa shape index (κ1) is 11.2. The number of benzene rings is 3. The second-order valence-corrected chi connectivity index (χ2v) is 5.09. The minimum atomic E-state index is 0.237. The van der Waals surface area contributed by atoms with Crippen molar-refractivity contribution in [3.8, 4) is 5.75 Å². The molecule has 0 saturated carbocycles. The molecule has 0 aliphatic carbocycles. The lowest BCUT2D eigenvalue weighted by Crippen LogP contribution is -1.89. The van der Waals surface area contributed by atoms with Crippen molar-refractivity contribution in [2.24, 2.45) is 0 Å². The predicted molar refractivity (Wildman–Crippen MR) is 83.2 cm³/mol. The molecule has 0 saturated heterocycles. The van der Waals surface area contributed by atoms with E-state index in [0.29, 0.717) is 5.52 Å². The fraction of sp³-hybridized carbons (Fsp3) is 0.0556. The van der Waals surface area contributed by atoms with E-state index in [1.54, 1.807) is 6.07 Å². The number of aryl methyl sites for hydroxylation is 1. The van der Waals surface area contributed by atoms with Gasteiger partial charge in [0.2, 0.25) is 0 Å². The van der Waals surface area contributed by atoms with E-state index >= 15 is 0 Å². The van der Waals surface area contributed by atoms with Gasteiger partial charge in [0.25, 0.3) is 0 Å². The first-order valence-electron chi connectivity index (χ1n) is 6.65. The number of para-hydroxylation sites is 1. The van der Waals surface area contributed by atoms with Crippen LogP contribution in [0.1, 0.15) is 5.56 Å². The Morgan fingerprint density at radius 2 is 1.50 bits per heavy atom. The predicted octanol–water partition coefficient (Wildman–Crippen LogP) is 4.56. The quantitative estimate of drug-likeness (QED) is 0.371. The first-order valence-corrected chi connectivity index (χ1v) is 6.65. The summed E-state index contributed by atoms with van der Waals surface area (Å²) in [6.07, 6.45) is 0. The van der Waals surface area contributed by atoms with Crippen LogP contribution in [0.4, 0.5) is 0 Å². The van der Waals surface area contributed by atoms with E-state index in [0.717, 1.165) is 27.2 Å². The highest BCUT2D eigenvalue weighted by molar-refractivity contribution is 6.10. The first-order chi connectivity index (χ1) is 9.75. The summed E-state index contributed by atoms with van der Waals surface area (Å²) < 4.78 is 0. The number of aromatic hydroxyl groups is 1. The molecule has 1 heterocycles. The average molecular weight is 259 g/mol. The van der Waals surface area contributed by atoms with Crippen LogP contribution in [-0.4, -0.2) is 10.1 Å². The molecule has 0 aliphatic rings. The maximum atomic E-state index is 10.1. The second kappa shape index (κ2) is 3.94. The maximum absolute atomic E-state index is 10.1. The zero-order chi connectivity index (χ0) is 13.7. The van der Waals surface area contributed by atoms with Crippen molar-refractivity contribution in [3.05, 3.63) is 60.2 Å². The molecule has 0 radical (unpaired) electrons. The van der Waals surface area contributed by atoms with E-state index in [2.05, 4.69) is 31.2 Å². The van der Waals surface area contributed by atoms with Gasteiger partial charge < -0.3 is 5.11 Å². The summed E-state index contributed by atoms with van der Waals surface area (Å²) in [5.74, 6) is 0.237. The van der Waals surface area contributed by atoms with Crippen LogP contribution in [0.2, 0.25) is 0 Å². The lowest BCUT2D eigenvalue weighted by Gasteiger charge is -2.10. The number of hydrogen-bond donors (Lipinski definition) is 1. The molecular formula is C18H13NO. The molecule has 0 fully saturated rings. The standard InChI is InChI=1S/C18H13NO/c1-11-13-7-4-8-16(20)18(13)19-17-14(11)10-9-12-5-2-3-6-15(12)17/h2-10,20H,1H3. The van der Waals surface area contributed by atoms with Gasteiger partial charge in [-0.1, -0.05) is 48.5 Å². The van der Waals surface area contributed by atoms with Crippen LogP contribution in [0.25, 0.3) is 32.6 Å². The van der Waals surface area contributed by atoms with E-state index in [1.165, 1.54) is 5.39 Å². The Bertz CT molecular complexity index is 973. The number of rotatable bonds is 0. The van der Waals surface area contributed by atoms with Crippen LogP contribution in [0, 0.1) is 6.92 Å². The fourth-order valence-electron chi connectivity index (χ4n) is 2.89. The molecule has 1 N–H and O–H groups in total. The van der Waals surface area contributed by atoms with Crippen molar-refractivity contribution >= 4 is 32.6 Å². The zero-order valence-electron chi connectivity index (χ0n) is 11.1. The monoisotopic (exact) mass is 259 g/mol. The Kier molecular flexibility index (Phi) is 2.21. The normalized spacial score (nSPS) is 11.4. The topological polar surface area (TPSA) is 33.1 Å². The van der Waals surface area contributed by atoms with E-state index < -0.39 is 0 Å². The van der Waals surface area contributed by atoms with Crippen LogP contribution in [-0.2, 0) is 0 Å². The van der Waals surface area contributed by atoms with Gasteiger partial charge in [-0.05, 0) is 23.9 Å². The molecule has 2 nitrogen and oxygen atoms in total. The van der Waals surface area contributed by atoms with E-state index in [1.807, 2.05) is 24.3 Å². The van der Waals surface area contributed by atoms with Gasteiger partial charge in [-0.15, -0.1) is 0 Å². The zero-order valence-corrected chi connectivity index (χ0v) is 11.1. The molecule has 0 aliphatic heterocycles. The number of aromatic nitrogens is 1. The Labute approximate surface area is 116 Å². The number of phenols is 1. The van der Waals surface area contributed by atoms with Crippen LogP contribution in [0.15, 0.2) is 54.6 Å². The van der Waals surface area contributed by atoms with Crippen molar-refractivity contribution in [2.75, 3.05) is 0 Å². The molecular weight excluding hydrogens is 246 g/mol. The summed E-state index contributed by atoms with van der Waals surface area (Å²) in [6.45, 7) is 2.08. The summed E-state index contributed by atoms with van der Waals surface area (Å²) in [5, 5.41) is 14.5. The number of hydrogen-bond acceptors (Lipinski definition) is 2. The molecule has 1 aromatic heterocycles. The SMILES string of the molecule is Cc1c2cccc(O)c2nc2c1ccc1ccccc12. The Balaban J connectivity index is 2.33. The van der Waals surface area contributed by atoms with Crippen LogP contribution in [0.3, 0.4) is 0 Å². The largest absolute Gasteiger partial charge is 0.506 e. The lowest BCUT2D eigenvalue weighted by molar-refractivity contribution is 0.480. The summed E-state index contributed by atoms with van der Waals surface area (Å²) in [7, 11) is 0. The molecule has 0 spiro atoms. The Hall–Kier alpha value is -2.61. The third kappa shape index (κ3) is 1.42. The van der Waals surface area contributed by atoms with Crippen molar-refractivity contribution < 1.29 is 5.11 Å². The molecule has 0 amide bonds. The second-order valence-electron chi connectivity index (χ2n) is 5.09. The maximum Gasteiger partial charge on any atom is 0.141 e. The summed E-state index contributed by atoms with van der Waals surface area (Å²) in [6, 6.07) is 18.0. The number of pyridine rings is 1. The third-order valence-electron chi connectivity index (χ3n) is 3.95. The summed E-state index contributed by atoms with van der Waals surface area (Å²) in [4.78, 5) is 4.72. The van der Waals surface area contributed by atoms with Crippen molar-refractivity contribution in [1.29, 1.82) is 0 Å². The Morgan fingerprint density at radius 3 is 2.40 bits per heavy atom. The number of nitrogens with zero attached hydrogens (tertiary/aromatic N) is 1. The van der Waals surface area contributed by atoms with Gasteiger partial charge in [0.1, 0.15) is 11.3 Å². The van der Waals surface area contributed by atoms with Gasteiger partial charge in [-0.3, -0.25) is 0 Å². The smallest absolute Gasteiger partial charge is 0.141 e. The lowest BCUT2D eigenvalue weighted by atomic mass is 10.00. The average Bonchev–Trinajstić information content (AvgIpc) is 2.48. The van der Waals surface area contributed by atoms with Crippen molar-refractivity contribution in [1.82, 2.24) is 4.98 Å². The van der Waals surface area contributed by atoms with E-state index in [-0.39, 0.29) is 5.75 Å². The third-order valence-corrected chi connectivity index (χ3v) is 3.95. The molecule has 2 heteroatoms. The van der Waals surface area contributed by atoms with Crippen molar-refractivity contribution in [3.63, 3.8) is 0 Å². The molecule has 3 aromatic carbocycles. The highest BCUT2D eigenvalue weighted by Gasteiger charge is 2.10. The minimum Gasteiger partial charge on any atom is -0.506 e. The minimum absolute atomic E-state index is 0.237. The van der Waals surface area contributed by atoms with E-state index in [4.69, 9.17) is 4.98 Å². The molecule has 4 aromatic rings. The fourth-order valence-corrected chi connectivity index (χ4v) is 2.89. The molecule has 0 bridgehead atoms. The molecule has 96 valence electrons. The van der Waals surface area contributed by atoms with Gasteiger partial charge >= 0.3 is 0 Å². The summed E-state index contributed by atoms with van der Waals surface area (Å²) >= 11 is 0. The van der Waals surface area contributed by atoms with Crippen molar-refractivity contribution in [2.45, 2.75) is 6.92 Å². The van der Waals surface area contributed by atoms with Crippen LogP contribution in [0.5, 0.6) is 5.75 Å². The Morgan fingerprint density at radius 1 is 0.750 bits per heavy atom. The summed E-state index contributed by atoms with van der Waals surface area (Å²) in [5.41, 5.74) is 2.79. The van der Waals surface area contributed by atoms with Gasteiger partial charge in [-0.2, -0.15) is 0 Å². The van der Waals surface area contributed by atoms with Gasteiger partial charge in [0, 0.05) is 16.2 Å².